The molecular formula is C12H15NO2S. The summed E-state index contributed by atoms with van der Waals surface area (Å²) in [4.78, 5) is 1.25. The van der Waals surface area contributed by atoms with Crippen molar-refractivity contribution in [3.63, 3.8) is 0 Å². The Morgan fingerprint density at radius 2 is 1.94 bits per heavy atom. The second kappa shape index (κ2) is 3.86. The highest BCUT2D eigenvalue weighted by molar-refractivity contribution is 7.99. The molecule has 4 heteroatoms. The average Bonchev–Trinajstić information content (AvgIpc) is 2.32. The molecule has 0 radical (unpaired) electrons. The molecule has 0 saturated heterocycles. The first-order valence-corrected chi connectivity index (χ1v) is 6.56. The third-order valence-corrected chi connectivity index (χ3v) is 4.51. The second-order valence-electron chi connectivity index (χ2n) is 4.35. The van der Waals surface area contributed by atoms with E-state index in [0.717, 1.165) is 17.3 Å². The maximum absolute atomic E-state index is 6.21. The molecule has 0 fully saturated rings. The normalized spacial score (nSPS) is 27.4. The van der Waals surface area contributed by atoms with E-state index in [9.17, 15) is 0 Å². The average molecular weight is 237 g/mol. The Morgan fingerprint density at radius 1 is 1.25 bits per heavy atom. The second-order valence-corrected chi connectivity index (χ2v) is 5.41. The first kappa shape index (κ1) is 10.3. The topological polar surface area (TPSA) is 44.5 Å². The predicted octanol–water partition coefficient (Wildman–Crippen LogP) is 2.20. The summed E-state index contributed by atoms with van der Waals surface area (Å²) in [6, 6.07) is 4.24. The molecule has 2 aliphatic rings. The highest BCUT2D eigenvalue weighted by atomic mass is 32.2. The monoisotopic (exact) mass is 237 g/mol. The van der Waals surface area contributed by atoms with E-state index < -0.39 is 0 Å². The highest BCUT2D eigenvalue weighted by Crippen LogP contribution is 2.44. The lowest BCUT2D eigenvalue weighted by Crippen LogP contribution is -2.25. The molecule has 2 N–H and O–H groups in total. The fourth-order valence-electron chi connectivity index (χ4n) is 2.10. The van der Waals surface area contributed by atoms with E-state index in [-0.39, 0.29) is 6.04 Å². The lowest BCUT2D eigenvalue weighted by molar-refractivity contribution is 0.170. The fraction of sp³-hybridized carbons (Fsp3) is 0.500. The summed E-state index contributed by atoms with van der Waals surface area (Å²) in [6.07, 6.45) is 0. The standard InChI is InChI=1S/C12H15NO2S/c1-7-6-16-11-5-10-9(14-2-3-15-10)4-8(11)12(7)13/h4-5,7,12H,2-3,6,13H2,1H3. The van der Waals surface area contributed by atoms with Gasteiger partial charge in [0, 0.05) is 16.7 Å². The summed E-state index contributed by atoms with van der Waals surface area (Å²) >= 11 is 1.86. The van der Waals surface area contributed by atoms with Gasteiger partial charge in [-0.2, -0.15) is 0 Å². The Labute approximate surface area is 99.3 Å². The van der Waals surface area contributed by atoms with Crippen LogP contribution in [0.2, 0.25) is 0 Å². The molecule has 1 aromatic rings. The summed E-state index contributed by atoms with van der Waals surface area (Å²) in [5.41, 5.74) is 7.42. The van der Waals surface area contributed by atoms with Crippen molar-refractivity contribution in [1.82, 2.24) is 0 Å². The Hall–Kier alpha value is -0.870. The third kappa shape index (κ3) is 1.57. The van der Waals surface area contributed by atoms with Gasteiger partial charge in [0.2, 0.25) is 0 Å². The van der Waals surface area contributed by atoms with Crippen LogP contribution >= 0.6 is 11.8 Å². The maximum Gasteiger partial charge on any atom is 0.162 e. The summed E-state index contributed by atoms with van der Waals surface area (Å²) < 4.78 is 11.2. The van der Waals surface area contributed by atoms with Crippen molar-refractivity contribution >= 4 is 11.8 Å². The van der Waals surface area contributed by atoms with Crippen LogP contribution in [0.5, 0.6) is 11.5 Å². The maximum atomic E-state index is 6.21. The molecule has 16 heavy (non-hydrogen) atoms. The zero-order valence-corrected chi connectivity index (χ0v) is 10.0. The van der Waals surface area contributed by atoms with Crippen LogP contribution in [0.25, 0.3) is 0 Å². The summed E-state index contributed by atoms with van der Waals surface area (Å²) in [6.45, 7) is 3.46. The van der Waals surface area contributed by atoms with Crippen molar-refractivity contribution in [3.8, 4) is 11.5 Å². The molecule has 2 unspecified atom stereocenters. The van der Waals surface area contributed by atoms with Crippen molar-refractivity contribution in [2.75, 3.05) is 19.0 Å². The van der Waals surface area contributed by atoms with E-state index in [2.05, 4.69) is 19.1 Å². The number of thioether (sulfide) groups is 1. The van der Waals surface area contributed by atoms with Crippen LogP contribution in [0, 0.1) is 5.92 Å². The molecule has 0 aromatic heterocycles. The lowest BCUT2D eigenvalue weighted by atomic mass is 9.96. The van der Waals surface area contributed by atoms with Gasteiger partial charge in [0.05, 0.1) is 0 Å². The van der Waals surface area contributed by atoms with Gasteiger partial charge in [0.15, 0.2) is 11.5 Å². The van der Waals surface area contributed by atoms with Crippen LogP contribution in [-0.4, -0.2) is 19.0 Å². The summed E-state index contributed by atoms with van der Waals surface area (Å²) in [7, 11) is 0. The van der Waals surface area contributed by atoms with Gasteiger partial charge in [-0.1, -0.05) is 6.92 Å². The predicted molar refractivity (Wildman–Crippen MR) is 64.2 cm³/mol. The van der Waals surface area contributed by atoms with Crippen LogP contribution in [0.1, 0.15) is 18.5 Å². The summed E-state index contributed by atoms with van der Waals surface area (Å²) in [5.74, 6) is 3.29. The molecular weight excluding hydrogens is 222 g/mol. The Bertz CT molecular complexity index is 422. The molecule has 2 atom stereocenters. The molecule has 0 bridgehead atoms. The van der Waals surface area contributed by atoms with Crippen LogP contribution < -0.4 is 15.2 Å². The SMILES string of the molecule is CC1CSc2cc3c(cc2C1N)OCCO3. The zero-order chi connectivity index (χ0) is 11.1. The molecule has 3 rings (SSSR count). The zero-order valence-electron chi connectivity index (χ0n) is 9.23. The van der Waals surface area contributed by atoms with Gasteiger partial charge in [-0.05, 0) is 23.6 Å². The van der Waals surface area contributed by atoms with Gasteiger partial charge >= 0.3 is 0 Å². The van der Waals surface area contributed by atoms with Crippen LogP contribution in [0.4, 0.5) is 0 Å². The van der Waals surface area contributed by atoms with Crippen molar-refractivity contribution in [2.45, 2.75) is 17.9 Å². The van der Waals surface area contributed by atoms with Crippen molar-refractivity contribution in [2.24, 2.45) is 11.7 Å². The lowest BCUT2D eigenvalue weighted by Gasteiger charge is -2.30. The minimum Gasteiger partial charge on any atom is -0.486 e. The number of hydrogen-bond donors (Lipinski definition) is 1. The van der Waals surface area contributed by atoms with Gasteiger partial charge in [-0.25, -0.2) is 0 Å². The molecule has 0 aliphatic carbocycles. The molecule has 0 saturated carbocycles. The van der Waals surface area contributed by atoms with Crippen molar-refractivity contribution in [1.29, 1.82) is 0 Å². The first-order valence-electron chi connectivity index (χ1n) is 5.57. The first-order chi connectivity index (χ1) is 7.75. The Morgan fingerprint density at radius 3 is 2.69 bits per heavy atom. The Kier molecular flexibility index (Phi) is 2.48. The number of ether oxygens (including phenoxy) is 2. The fourth-order valence-corrected chi connectivity index (χ4v) is 3.30. The molecule has 3 nitrogen and oxygen atoms in total. The van der Waals surface area contributed by atoms with E-state index in [1.54, 1.807) is 0 Å². The largest absolute Gasteiger partial charge is 0.486 e. The number of hydrogen-bond acceptors (Lipinski definition) is 4. The minimum absolute atomic E-state index is 0.118. The van der Waals surface area contributed by atoms with E-state index in [4.69, 9.17) is 15.2 Å². The number of nitrogens with two attached hydrogens (primary N) is 1. The van der Waals surface area contributed by atoms with E-state index >= 15 is 0 Å². The molecule has 0 spiro atoms. The number of rotatable bonds is 0. The smallest absolute Gasteiger partial charge is 0.162 e. The van der Waals surface area contributed by atoms with Gasteiger partial charge in [0.1, 0.15) is 13.2 Å². The van der Waals surface area contributed by atoms with Gasteiger partial charge < -0.3 is 15.2 Å². The van der Waals surface area contributed by atoms with Crippen molar-refractivity contribution < 1.29 is 9.47 Å². The van der Waals surface area contributed by atoms with Gasteiger partial charge in [-0.3, -0.25) is 0 Å². The number of benzene rings is 1. The number of fused-ring (bicyclic) bond motifs is 2. The van der Waals surface area contributed by atoms with E-state index in [1.807, 2.05) is 11.8 Å². The van der Waals surface area contributed by atoms with Crippen molar-refractivity contribution in [3.05, 3.63) is 17.7 Å². The molecule has 86 valence electrons. The summed E-state index contributed by atoms with van der Waals surface area (Å²) in [5, 5.41) is 0. The van der Waals surface area contributed by atoms with Gasteiger partial charge in [-0.15, -0.1) is 11.8 Å². The van der Waals surface area contributed by atoms with Crippen LogP contribution in [0.15, 0.2) is 17.0 Å². The quantitative estimate of drug-likeness (QED) is 0.751. The molecule has 2 aliphatic heterocycles. The van der Waals surface area contributed by atoms with E-state index in [1.165, 1.54) is 10.5 Å². The van der Waals surface area contributed by atoms with Crippen LogP contribution in [0.3, 0.4) is 0 Å². The van der Waals surface area contributed by atoms with Crippen LogP contribution in [-0.2, 0) is 0 Å². The van der Waals surface area contributed by atoms with Gasteiger partial charge in [0.25, 0.3) is 0 Å². The third-order valence-electron chi connectivity index (χ3n) is 3.15. The molecule has 2 heterocycles. The highest BCUT2D eigenvalue weighted by Gasteiger charge is 2.26. The molecule has 0 amide bonds. The Balaban J connectivity index is 2.06. The molecule has 1 aromatic carbocycles. The minimum atomic E-state index is 0.118. The van der Waals surface area contributed by atoms with E-state index in [0.29, 0.717) is 19.1 Å².